The second kappa shape index (κ2) is 3.40. The molecule has 1 aliphatic carbocycles. The van der Waals surface area contributed by atoms with Crippen LogP contribution in [-0.2, 0) is 6.42 Å². The zero-order valence-electron chi connectivity index (χ0n) is 6.94. The van der Waals surface area contributed by atoms with Crippen LogP contribution in [0, 0.1) is 0 Å². The van der Waals surface area contributed by atoms with Crippen LogP contribution < -0.4 is 0 Å². The van der Waals surface area contributed by atoms with Gasteiger partial charge in [-0.3, -0.25) is 0 Å². The van der Waals surface area contributed by atoms with Crippen molar-refractivity contribution in [2.24, 2.45) is 5.11 Å². The number of nitrogens with zero attached hydrogens (tertiary/aromatic N) is 3. The molecule has 4 heteroatoms. The maximum absolute atomic E-state index is 8.37. The maximum atomic E-state index is 8.37. The molecule has 13 heavy (non-hydrogen) atoms. The molecule has 0 heterocycles. The lowest BCUT2D eigenvalue weighted by Crippen LogP contribution is -1.87. The average molecular weight is 238 g/mol. The largest absolute Gasteiger partial charge is 0.0859 e. The summed E-state index contributed by atoms with van der Waals surface area (Å²) in [7, 11) is 0. The lowest BCUT2D eigenvalue weighted by atomic mass is 10.1. The quantitative estimate of drug-likeness (QED) is 0.406. The van der Waals surface area contributed by atoms with E-state index in [2.05, 4.69) is 26.0 Å². The summed E-state index contributed by atoms with van der Waals surface area (Å²) in [4.78, 5) is 2.86. The number of hydrogen-bond acceptors (Lipinski definition) is 1. The van der Waals surface area contributed by atoms with E-state index in [1.54, 1.807) is 0 Å². The number of fused-ring (bicyclic) bond motifs is 1. The predicted octanol–water partition coefficient (Wildman–Crippen LogP) is 3.75. The van der Waals surface area contributed by atoms with Crippen LogP contribution in [-0.4, -0.2) is 0 Å². The molecule has 1 aliphatic rings. The van der Waals surface area contributed by atoms with Crippen LogP contribution in [0.25, 0.3) is 10.4 Å². The van der Waals surface area contributed by atoms with Crippen molar-refractivity contribution in [3.05, 3.63) is 44.2 Å². The molecule has 0 spiro atoms. The number of halogens is 1. The van der Waals surface area contributed by atoms with Crippen LogP contribution >= 0.6 is 15.9 Å². The van der Waals surface area contributed by atoms with Crippen LogP contribution in [0.3, 0.4) is 0 Å². The summed E-state index contributed by atoms with van der Waals surface area (Å²) >= 11 is 3.49. The fraction of sp³-hybridized carbons (Fsp3) is 0.333. The van der Waals surface area contributed by atoms with Crippen molar-refractivity contribution in [3.63, 3.8) is 0 Å². The summed E-state index contributed by atoms with van der Waals surface area (Å²) in [6.45, 7) is 0. The Hall–Kier alpha value is -0.990. The molecule has 0 radical (unpaired) electrons. The van der Waals surface area contributed by atoms with Crippen LogP contribution in [0.4, 0.5) is 0 Å². The molecule has 0 aliphatic heterocycles. The number of rotatable bonds is 1. The minimum Gasteiger partial charge on any atom is -0.0859 e. The SMILES string of the molecule is [N-]=[N+]=NC1CCc2c(Br)cccc21. The molecular formula is C9H8BrN3. The number of benzene rings is 1. The normalized spacial score (nSPS) is 19.3. The van der Waals surface area contributed by atoms with Gasteiger partial charge in [-0.1, -0.05) is 33.2 Å². The highest BCUT2D eigenvalue weighted by Crippen LogP contribution is 2.37. The lowest BCUT2D eigenvalue weighted by Gasteiger charge is -2.03. The highest BCUT2D eigenvalue weighted by atomic mass is 79.9. The van der Waals surface area contributed by atoms with Gasteiger partial charge >= 0.3 is 0 Å². The van der Waals surface area contributed by atoms with E-state index in [0.717, 1.165) is 17.3 Å². The van der Waals surface area contributed by atoms with Gasteiger partial charge in [-0.25, -0.2) is 0 Å². The number of hydrogen-bond donors (Lipinski definition) is 0. The fourth-order valence-electron chi connectivity index (χ4n) is 1.77. The third kappa shape index (κ3) is 1.43. The zero-order chi connectivity index (χ0) is 9.26. The molecular weight excluding hydrogens is 230 g/mol. The van der Waals surface area contributed by atoms with Crippen LogP contribution in [0.1, 0.15) is 23.6 Å². The van der Waals surface area contributed by atoms with E-state index < -0.39 is 0 Å². The van der Waals surface area contributed by atoms with Crippen molar-refractivity contribution in [2.45, 2.75) is 18.9 Å². The van der Waals surface area contributed by atoms with Crippen LogP contribution in [0.5, 0.6) is 0 Å². The third-order valence-corrected chi connectivity index (χ3v) is 3.12. The number of azide groups is 1. The molecule has 2 rings (SSSR count). The first kappa shape index (κ1) is 8.60. The molecule has 0 saturated carbocycles. The molecule has 0 fully saturated rings. The van der Waals surface area contributed by atoms with Crippen LogP contribution in [0.2, 0.25) is 0 Å². The highest BCUT2D eigenvalue weighted by Gasteiger charge is 2.22. The second-order valence-electron chi connectivity index (χ2n) is 3.07. The van der Waals surface area contributed by atoms with E-state index in [0.29, 0.717) is 0 Å². The summed E-state index contributed by atoms with van der Waals surface area (Å²) in [5.74, 6) is 0. The first-order chi connectivity index (χ1) is 6.33. The van der Waals surface area contributed by atoms with Crippen molar-refractivity contribution in [1.82, 2.24) is 0 Å². The van der Waals surface area contributed by atoms with Crippen molar-refractivity contribution in [2.75, 3.05) is 0 Å². The van der Waals surface area contributed by atoms with Gasteiger partial charge in [-0.15, -0.1) is 0 Å². The second-order valence-corrected chi connectivity index (χ2v) is 3.92. The Morgan fingerprint density at radius 2 is 2.38 bits per heavy atom. The van der Waals surface area contributed by atoms with E-state index in [1.165, 1.54) is 11.1 Å². The predicted molar refractivity (Wildman–Crippen MR) is 54.4 cm³/mol. The van der Waals surface area contributed by atoms with Gasteiger partial charge in [0.25, 0.3) is 0 Å². The van der Waals surface area contributed by atoms with Gasteiger partial charge in [0.15, 0.2) is 0 Å². The van der Waals surface area contributed by atoms with E-state index in [1.807, 2.05) is 18.2 Å². The van der Waals surface area contributed by atoms with Crippen molar-refractivity contribution < 1.29 is 0 Å². The summed E-state index contributed by atoms with van der Waals surface area (Å²) in [6.07, 6.45) is 1.93. The van der Waals surface area contributed by atoms with Gasteiger partial charge in [-0.2, -0.15) is 0 Å². The Morgan fingerprint density at radius 1 is 1.54 bits per heavy atom. The van der Waals surface area contributed by atoms with Gasteiger partial charge in [-0.05, 0) is 35.6 Å². The molecule has 0 aromatic heterocycles. The molecule has 0 saturated heterocycles. The standard InChI is InChI=1S/C9H8BrN3/c10-8-3-1-2-7-6(8)4-5-9(7)12-13-11/h1-3,9H,4-5H2. The lowest BCUT2D eigenvalue weighted by molar-refractivity contribution is 0.707. The molecule has 0 bridgehead atoms. The highest BCUT2D eigenvalue weighted by molar-refractivity contribution is 9.10. The molecule has 3 nitrogen and oxygen atoms in total. The summed E-state index contributed by atoms with van der Waals surface area (Å²) in [6, 6.07) is 6.08. The molecule has 1 unspecified atom stereocenters. The van der Waals surface area contributed by atoms with Gasteiger partial charge < -0.3 is 0 Å². The van der Waals surface area contributed by atoms with Gasteiger partial charge in [0, 0.05) is 9.38 Å². The zero-order valence-corrected chi connectivity index (χ0v) is 8.53. The van der Waals surface area contributed by atoms with Crippen molar-refractivity contribution in [1.29, 1.82) is 0 Å². The van der Waals surface area contributed by atoms with E-state index in [4.69, 9.17) is 5.53 Å². The summed E-state index contributed by atoms with van der Waals surface area (Å²) in [5.41, 5.74) is 10.8. The smallest absolute Gasteiger partial charge is 0.0631 e. The molecule has 66 valence electrons. The van der Waals surface area contributed by atoms with E-state index in [-0.39, 0.29) is 6.04 Å². The first-order valence-corrected chi connectivity index (χ1v) is 4.93. The molecule has 1 atom stereocenters. The monoisotopic (exact) mass is 237 g/mol. The maximum Gasteiger partial charge on any atom is 0.0631 e. The van der Waals surface area contributed by atoms with Crippen molar-refractivity contribution >= 4 is 15.9 Å². The van der Waals surface area contributed by atoms with Gasteiger partial charge in [0.2, 0.25) is 0 Å². The van der Waals surface area contributed by atoms with E-state index in [9.17, 15) is 0 Å². The Balaban J connectivity index is 2.48. The van der Waals surface area contributed by atoms with Crippen LogP contribution in [0.15, 0.2) is 27.8 Å². The van der Waals surface area contributed by atoms with Gasteiger partial charge in [0.05, 0.1) is 6.04 Å². The summed E-state index contributed by atoms with van der Waals surface area (Å²) < 4.78 is 1.13. The topological polar surface area (TPSA) is 48.8 Å². The third-order valence-electron chi connectivity index (χ3n) is 2.37. The minimum absolute atomic E-state index is 0.0394. The van der Waals surface area contributed by atoms with Gasteiger partial charge in [0.1, 0.15) is 0 Å². The Labute approximate surface area is 84.5 Å². The Kier molecular flexibility index (Phi) is 2.25. The summed E-state index contributed by atoms with van der Waals surface area (Å²) in [5, 5.41) is 3.77. The molecule has 1 aromatic rings. The molecule has 1 aromatic carbocycles. The minimum atomic E-state index is 0.0394. The van der Waals surface area contributed by atoms with E-state index >= 15 is 0 Å². The van der Waals surface area contributed by atoms with Crippen molar-refractivity contribution in [3.8, 4) is 0 Å². The Bertz CT molecular complexity index is 382. The average Bonchev–Trinajstić information content (AvgIpc) is 2.51. The fourth-order valence-corrected chi connectivity index (χ4v) is 2.35. The first-order valence-electron chi connectivity index (χ1n) is 4.14. The molecule has 0 amide bonds. The molecule has 0 N–H and O–H groups in total. The Morgan fingerprint density at radius 3 is 3.15 bits per heavy atom.